The predicted octanol–water partition coefficient (Wildman–Crippen LogP) is 3.05. The molecule has 2 rings (SSSR count). The molecular formula is C17H15ClFNO5S. The van der Waals surface area contributed by atoms with E-state index in [2.05, 4.69) is 0 Å². The Bertz CT molecular complexity index is 944. The summed E-state index contributed by atoms with van der Waals surface area (Å²) in [5.41, 5.74) is 0.0588. The summed E-state index contributed by atoms with van der Waals surface area (Å²) in [4.78, 5) is 22.7. The Kier molecular flexibility index (Phi) is 5.99. The van der Waals surface area contributed by atoms with E-state index in [1.807, 2.05) is 0 Å². The highest BCUT2D eigenvalue weighted by atomic mass is 35.5. The number of anilines is 1. The van der Waals surface area contributed by atoms with Gasteiger partial charge in [0.25, 0.3) is 10.0 Å². The molecule has 0 aromatic heterocycles. The van der Waals surface area contributed by atoms with Crippen LogP contribution in [0.3, 0.4) is 0 Å². The quantitative estimate of drug-likeness (QED) is 0.697. The average molecular weight is 400 g/mol. The van der Waals surface area contributed by atoms with Crippen LogP contribution >= 0.6 is 11.6 Å². The van der Waals surface area contributed by atoms with Crippen molar-refractivity contribution in [2.45, 2.75) is 11.8 Å². The lowest BCUT2D eigenvalue weighted by atomic mass is 10.2. The molecule has 0 bridgehead atoms. The fraction of sp³-hybridized carbons (Fsp3) is 0.176. The number of esters is 1. The van der Waals surface area contributed by atoms with Gasteiger partial charge in [-0.3, -0.25) is 9.10 Å². The molecule has 0 saturated carbocycles. The maximum atomic E-state index is 13.0. The molecule has 26 heavy (non-hydrogen) atoms. The van der Waals surface area contributed by atoms with Crippen LogP contribution in [0.25, 0.3) is 0 Å². The van der Waals surface area contributed by atoms with Crippen LogP contribution in [0.15, 0.2) is 47.4 Å². The number of ether oxygens (including phenoxy) is 1. The monoisotopic (exact) mass is 399 g/mol. The number of hydrogen-bond donors (Lipinski definition) is 0. The van der Waals surface area contributed by atoms with E-state index >= 15 is 0 Å². The van der Waals surface area contributed by atoms with E-state index < -0.39 is 28.4 Å². The predicted molar refractivity (Wildman–Crippen MR) is 94.4 cm³/mol. The first-order chi connectivity index (χ1) is 12.1. The Labute approximate surface area is 155 Å². The molecule has 0 aliphatic carbocycles. The number of carbonyl (C=O) groups excluding carboxylic acids is 2. The molecule has 0 aliphatic rings. The summed E-state index contributed by atoms with van der Waals surface area (Å²) in [6, 6.07) is 8.44. The zero-order chi connectivity index (χ0) is 19.5. The van der Waals surface area contributed by atoms with Crippen LogP contribution < -0.4 is 4.31 Å². The van der Waals surface area contributed by atoms with E-state index in [0.717, 1.165) is 22.5 Å². The first-order valence-corrected chi connectivity index (χ1v) is 9.15. The fourth-order valence-electron chi connectivity index (χ4n) is 2.01. The largest absolute Gasteiger partial charge is 0.454 e. The van der Waals surface area contributed by atoms with Gasteiger partial charge in [-0.1, -0.05) is 11.6 Å². The highest BCUT2D eigenvalue weighted by molar-refractivity contribution is 7.92. The van der Waals surface area contributed by atoms with Crippen LogP contribution in [0, 0.1) is 5.82 Å². The van der Waals surface area contributed by atoms with Crippen LogP contribution in [-0.2, 0) is 19.6 Å². The Morgan fingerprint density at radius 1 is 1.15 bits per heavy atom. The van der Waals surface area contributed by atoms with E-state index in [-0.39, 0.29) is 27.0 Å². The lowest BCUT2D eigenvalue weighted by Crippen LogP contribution is -2.26. The van der Waals surface area contributed by atoms with Gasteiger partial charge in [0.05, 0.1) is 21.2 Å². The molecule has 0 radical (unpaired) electrons. The summed E-state index contributed by atoms with van der Waals surface area (Å²) >= 11 is 5.93. The number of rotatable bonds is 6. The SMILES string of the molecule is CC(=O)COC(=O)c1cc(S(=O)(=O)N(C)c2ccc(F)cc2)ccc1Cl. The highest BCUT2D eigenvalue weighted by Crippen LogP contribution is 2.26. The van der Waals surface area contributed by atoms with Crippen molar-refractivity contribution in [1.29, 1.82) is 0 Å². The Balaban J connectivity index is 2.37. The molecule has 0 amide bonds. The first-order valence-electron chi connectivity index (χ1n) is 7.33. The zero-order valence-electron chi connectivity index (χ0n) is 13.9. The summed E-state index contributed by atoms with van der Waals surface area (Å²) in [6.45, 7) is 0.801. The first kappa shape index (κ1) is 19.9. The zero-order valence-corrected chi connectivity index (χ0v) is 15.5. The number of benzene rings is 2. The van der Waals surface area contributed by atoms with Crippen LogP contribution in [-0.4, -0.2) is 33.8 Å². The maximum absolute atomic E-state index is 13.0. The van der Waals surface area contributed by atoms with Gasteiger partial charge in [0.1, 0.15) is 12.4 Å². The number of hydrogen-bond acceptors (Lipinski definition) is 5. The van der Waals surface area contributed by atoms with E-state index in [9.17, 15) is 22.4 Å². The van der Waals surface area contributed by atoms with Crippen molar-refractivity contribution >= 4 is 39.1 Å². The summed E-state index contributed by atoms with van der Waals surface area (Å²) in [7, 11) is -2.73. The third kappa shape index (κ3) is 4.39. The van der Waals surface area contributed by atoms with Crippen molar-refractivity contribution in [3.05, 3.63) is 58.9 Å². The molecule has 0 atom stereocenters. The minimum Gasteiger partial charge on any atom is -0.454 e. The molecule has 0 saturated heterocycles. The fourth-order valence-corrected chi connectivity index (χ4v) is 3.43. The molecule has 0 fully saturated rings. The number of sulfonamides is 1. The summed E-state index contributed by atoms with van der Waals surface area (Å²) < 4.78 is 44.3. The average Bonchev–Trinajstić information content (AvgIpc) is 2.59. The molecule has 9 heteroatoms. The molecule has 0 N–H and O–H groups in total. The van der Waals surface area contributed by atoms with Crippen molar-refractivity contribution in [3.8, 4) is 0 Å². The Hall–Kier alpha value is -2.45. The molecule has 6 nitrogen and oxygen atoms in total. The smallest absolute Gasteiger partial charge is 0.340 e. The number of carbonyl (C=O) groups is 2. The number of Topliss-reactive ketones (excluding diaryl/α,β-unsaturated/α-hetero) is 1. The standard InChI is InChI=1S/C17H15ClFNO5S/c1-11(21)10-25-17(22)15-9-14(7-8-16(15)18)26(23,24)20(2)13-5-3-12(19)4-6-13/h3-9H,10H2,1-2H3. The molecular weight excluding hydrogens is 385 g/mol. The normalized spacial score (nSPS) is 11.1. The summed E-state index contributed by atoms with van der Waals surface area (Å²) in [5, 5.41) is -0.0121. The molecule has 138 valence electrons. The van der Waals surface area contributed by atoms with Gasteiger partial charge in [-0.2, -0.15) is 0 Å². The maximum Gasteiger partial charge on any atom is 0.340 e. The van der Waals surface area contributed by atoms with Gasteiger partial charge >= 0.3 is 5.97 Å². The number of nitrogens with zero attached hydrogens (tertiary/aromatic N) is 1. The van der Waals surface area contributed by atoms with Crippen molar-refractivity contribution < 1.29 is 27.1 Å². The molecule has 0 heterocycles. The minimum atomic E-state index is -4.03. The van der Waals surface area contributed by atoms with Gasteiger partial charge < -0.3 is 4.74 Å². The van der Waals surface area contributed by atoms with E-state index in [0.29, 0.717) is 0 Å². The number of ketones is 1. The lowest BCUT2D eigenvalue weighted by molar-refractivity contribution is -0.120. The summed E-state index contributed by atoms with van der Waals surface area (Å²) in [6.07, 6.45) is 0. The molecule has 0 aliphatic heterocycles. The second kappa shape index (κ2) is 7.84. The topological polar surface area (TPSA) is 80.8 Å². The van der Waals surface area contributed by atoms with Crippen LogP contribution in [0.5, 0.6) is 0 Å². The minimum absolute atomic E-state index is 0.0121. The molecule has 2 aromatic rings. The van der Waals surface area contributed by atoms with Gasteiger partial charge in [-0.25, -0.2) is 17.6 Å². The lowest BCUT2D eigenvalue weighted by Gasteiger charge is -2.20. The third-order valence-corrected chi connectivity index (χ3v) is 5.52. The van der Waals surface area contributed by atoms with Gasteiger partial charge in [0, 0.05) is 7.05 Å². The van der Waals surface area contributed by atoms with Crippen molar-refractivity contribution in [1.82, 2.24) is 0 Å². The van der Waals surface area contributed by atoms with Gasteiger partial charge in [0.2, 0.25) is 0 Å². The van der Waals surface area contributed by atoms with Crippen molar-refractivity contribution in [2.24, 2.45) is 0 Å². The van der Waals surface area contributed by atoms with Crippen molar-refractivity contribution in [2.75, 3.05) is 18.0 Å². The highest BCUT2D eigenvalue weighted by Gasteiger charge is 2.24. The van der Waals surface area contributed by atoms with Crippen LogP contribution in [0.4, 0.5) is 10.1 Å². The molecule has 0 spiro atoms. The van der Waals surface area contributed by atoms with E-state index in [4.69, 9.17) is 16.3 Å². The van der Waals surface area contributed by atoms with Gasteiger partial charge in [-0.05, 0) is 49.4 Å². The third-order valence-electron chi connectivity index (χ3n) is 3.41. The second-order valence-corrected chi connectivity index (χ2v) is 7.75. The summed E-state index contributed by atoms with van der Waals surface area (Å²) in [5.74, 6) is -1.78. The second-order valence-electron chi connectivity index (χ2n) is 5.37. The van der Waals surface area contributed by atoms with Crippen molar-refractivity contribution in [3.63, 3.8) is 0 Å². The molecule has 0 unspecified atom stereocenters. The van der Waals surface area contributed by atoms with Crippen LogP contribution in [0.1, 0.15) is 17.3 Å². The van der Waals surface area contributed by atoms with Gasteiger partial charge in [0.15, 0.2) is 5.78 Å². The van der Waals surface area contributed by atoms with E-state index in [1.165, 1.54) is 38.2 Å². The Morgan fingerprint density at radius 2 is 1.77 bits per heavy atom. The Morgan fingerprint density at radius 3 is 2.35 bits per heavy atom. The van der Waals surface area contributed by atoms with Gasteiger partial charge in [-0.15, -0.1) is 0 Å². The van der Waals surface area contributed by atoms with Crippen LogP contribution in [0.2, 0.25) is 5.02 Å². The van der Waals surface area contributed by atoms with E-state index in [1.54, 1.807) is 0 Å². The molecule has 2 aromatic carbocycles. The number of halogens is 2.